The number of nitrogens with one attached hydrogen (secondary N) is 1. The van der Waals surface area contributed by atoms with Crippen LogP contribution in [0.15, 0.2) is 64.0 Å². The van der Waals surface area contributed by atoms with Crippen LogP contribution in [0.5, 0.6) is 0 Å². The van der Waals surface area contributed by atoms with Gasteiger partial charge in [-0.3, -0.25) is 15.5 Å². The number of rotatable bonds is 6. The van der Waals surface area contributed by atoms with E-state index >= 15 is 0 Å². The number of aromatic nitrogens is 1. The van der Waals surface area contributed by atoms with Crippen LogP contribution in [0.25, 0.3) is 0 Å². The number of hydrogen-bond donors (Lipinski definition) is 1. The Labute approximate surface area is 139 Å². The Balaban J connectivity index is 2.14. The topological polar surface area (TPSA) is 105 Å². The predicted octanol–water partition coefficient (Wildman–Crippen LogP) is 4.55. The van der Waals surface area contributed by atoms with Crippen LogP contribution < -0.4 is 5.43 Å². The van der Waals surface area contributed by atoms with Crippen LogP contribution in [0.3, 0.4) is 0 Å². The maximum absolute atomic E-state index is 10.6. The van der Waals surface area contributed by atoms with Crippen molar-refractivity contribution in [2.24, 2.45) is 21.2 Å². The summed E-state index contributed by atoms with van der Waals surface area (Å²) >= 11 is 0. The molecule has 8 heteroatoms. The first kappa shape index (κ1) is 17.2. The van der Waals surface area contributed by atoms with Gasteiger partial charge < -0.3 is 0 Å². The van der Waals surface area contributed by atoms with Gasteiger partial charge in [-0.15, -0.1) is 10.2 Å². The third-order valence-electron chi connectivity index (χ3n) is 3.32. The van der Waals surface area contributed by atoms with Gasteiger partial charge in [0.05, 0.1) is 10.6 Å². The zero-order chi connectivity index (χ0) is 17.4. The molecule has 1 aromatic heterocycles. The summed E-state index contributed by atoms with van der Waals surface area (Å²) < 4.78 is 0. The number of benzene rings is 1. The minimum absolute atomic E-state index is 0.0875. The van der Waals surface area contributed by atoms with Gasteiger partial charge in [-0.25, -0.2) is 4.98 Å². The molecule has 0 saturated carbocycles. The highest BCUT2D eigenvalue weighted by Gasteiger charge is 2.09. The van der Waals surface area contributed by atoms with E-state index in [0.717, 1.165) is 18.3 Å². The molecule has 0 aliphatic carbocycles. The number of pyridine rings is 1. The molecule has 0 saturated heterocycles. The van der Waals surface area contributed by atoms with Crippen molar-refractivity contribution >= 4 is 23.0 Å². The molecule has 8 nitrogen and oxygen atoms in total. The number of hydrogen-bond acceptors (Lipinski definition) is 6. The van der Waals surface area contributed by atoms with Gasteiger partial charge in [0, 0.05) is 12.0 Å². The third-order valence-corrected chi connectivity index (χ3v) is 3.32. The molecule has 2 rings (SSSR count). The van der Waals surface area contributed by atoms with Crippen LogP contribution in [0.4, 0.5) is 17.2 Å². The summed E-state index contributed by atoms with van der Waals surface area (Å²) in [5.41, 5.74) is 3.71. The molecule has 1 unspecified atom stereocenters. The van der Waals surface area contributed by atoms with Crippen molar-refractivity contribution in [1.29, 1.82) is 0 Å². The van der Waals surface area contributed by atoms with Gasteiger partial charge >= 0.3 is 0 Å². The molecule has 0 fully saturated rings. The molecule has 0 bridgehead atoms. The van der Waals surface area contributed by atoms with Crippen LogP contribution in [0, 0.1) is 16.0 Å². The molecular formula is C16H18N6O2. The lowest BCUT2D eigenvalue weighted by molar-refractivity contribution is -0.385. The van der Waals surface area contributed by atoms with Crippen molar-refractivity contribution in [3.63, 3.8) is 0 Å². The smallest absolute Gasteiger partial charge is 0.277 e. The minimum atomic E-state index is -0.510. The predicted molar refractivity (Wildman–Crippen MR) is 92.4 cm³/mol. The summed E-state index contributed by atoms with van der Waals surface area (Å²) in [7, 11) is 0. The Bertz CT molecular complexity index is 728. The average Bonchev–Trinajstić information content (AvgIpc) is 2.62. The van der Waals surface area contributed by atoms with E-state index in [1.54, 1.807) is 0 Å². The number of hydrazone groups is 1. The first-order valence-electron chi connectivity index (χ1n) is 7.51. The number of amidine groups is 1. The summed E-state index contributed by atoms with van der Waals surface area (Å²) in [5.74, 6) is 0.917. The van der Waals surface area contributed by atoms with Gasteiger partial charge in [-0.05, 0) is 24.6 Å². The summed E-state index contributed by atoms with van der Waals surface area (Å²) in [4.78, 5) is 14.0. The molecule has 1 N–H and O–H groups in total. The molecule has 24 heavy (non-hydrogen) atoms. The van der Waals surface area contributed by atoms with E-state index in [4.69, 9.17) is 0 Å². The van der Waals surface area contributed by atoms with E-state index in [-0.39, 0.29) is 17.4 Å². The van der Waals surface area contributed by atoms with E-state index in [1.807, 2.05) is 44.2 Å². The highest BCUT2D eigenvalue weighted by atomic mass is 16.6. The fourth-order valence-electron chi connectivity index (χ4n) is 1.70. The summed E-state index contributed by atoms with van der Waals surface area (Å²) in [6, 6.07) is 12.3. The monoisotopic (exact) mass is 326 g/mol. The van der Waals surface area contributed by atoms with Crippen LogP contribution in [0.1, 0.15) is 20.3 Å². The minimum Gasteiger partial charge on any atom is -0.277 e. The van der Waals surface area contributed by atoms with Crippen molar-refractivity contribution in [3.8, 4) is 0 Å². The van der Waals surface area contributed by atoms with Crippen LogP contribution in [-0.2, 0) is 0 Å². The quantitative estimate of drug-likeness (QED) is 0.276. The summed E-state index contributed by atoms with van der Waals surface area (Å²) in [6.07, 6.45) is 2.00. The van der Waals surface area contributed by atoms with E-state index in [2.05, 4.69) is 25.7 Å². The first-order valence-corrected chi connectivity index (χ1v) is 7.51. The van der Waals surface area contributed by atoms with E-state index in [9.17, 15) is 10.1 Å². The fraction of sp³-hybridized carbons (Fsp3) is 0.250. The number of azo groups is 1. The summed E-state index contributed by atoms with van der Waals surface area (Å²) in [6.45, 7) is 4.02. The highest BCUT2D eigenvalue weighted by molar-refractivity contribution is 5.85. The number of nitro groups is 1. The Hall–Kier alpha value is -3.16. The lowest BCUT2D eigenvalue weighted by atomic mass is 10.1. The molecule has 0 aliphatic heterocycles. The Morgan fingerprint density at radius 1 is 1.29 bits per heavy atom. The van der Waals surface area contributed by atoms with Crippen molar-refractivity contribution in [2.45, 2.75) is 20.3 Å². The van der Waals surface area contributed by atoms with Crippen LogP contribution >= 0.6 is 0 Å². The number of para-hydroxylation sites is 1. The van der Waals surface area contributed by atoms with Gasteiger partial charge in [-0.1, -0.05) is 32.0 Å². The number of anilines is 1. The lowest BCUT2D eigenvalue weighted by Crippen LogP contribution is -2.09. The van der Waals surface area contributed by atoms with Gasteiger partial charge in [0.1, 0.15) is 6.20 Å². The molecular weight excluding hydrogens is 308 g/mol. The Morgan fingerprint density at radius 2 is 2.04 bits per heavy atom. The maximum atomic E-state index is 10.6. The second-order valence-electron chi connectivity index (χ2n) is 5.09. The first-order chi connectivity index (χ1) is 11.6. The van der Waals surface area contributed by atoms with Gasteiger partial charge in [0.2, 0.25) is 0 Å². The van der Waals surface area contributed by atoms with Crippen molar-refractivity contribution in [3.05, 3.63) is 58.8 Å². The van der Waals surface area contributed by atoms with Crippen molar-refractivity contribution in [1.82, 2.24) is 4.98 Å². The molecule has 0 spiro atoms. The third kappa shape index (κ3) is 4.94. The SMILES string of the molecule is CCC(C)/C(N=Nc1ccc([N+](=O)[O-])cn1)=N/Nc1ccccc1. The molecule has 0 amide bonds. The van der Waals surface area contributed by atoms with E-state index in [1.165, 1.54) is 12.1 Å². The second kappa shape index (κ2) is 8.47. The molecule has 0 aliphatic rings. The molecule has 2 aromatic rings. The van der Waals surface area contributed by atoms with Crippen molar-refractivity contribution < 1.29 is 4.92 Å². The standard InChI is InChI=1S/C16H18N6O2/c1-3-12(2)16(20-18-13-7-5-4-6-8-13)21-19-15-10-9-14(11-17-15)22(23)24/h4-12,18H,3H2,1-2H3/b20-16-,21-19?. The normalized spacial score (nSPS) is 13.0. The molecule has 1 atom stereocenters. The van der Waals surface area contributed by atoms with Gasteiger partial charge in [0.25, 0.3) is 5.69 Å². The largest absolute Gasteiger partial charge is 0.287 e. The van der Waals surface area contributed by atoms with E-state index < -0.39 is 4.92 Å². The molecule has 124 valence electrons. The van der Waals surface area contributed by atoms with E-state index in [0.29, 0.717) is 5.84 Å². The fourth-order valence-corrected chi connectivity index (χ4v) is 1.70. The lowest BCUT2D eigenvalue weighted by Gasteiger charge is -2.07. The second-order valence-corrected chi connectivity index (χ2v) is 5.09. The molecule has 1 heterocycles. The molecule has 1 aromatic carbocycles. The van der Waals surface area contributed by atoms with Crippen molar-refractivity contribution in [2.75, 3.05) is 5.43 Å². The molecule has 0 radical (unpaired) electrons. The van der Waals surface area contributed by atoms with Crippen LogP contribution in [0.2, 0.25) is 0 Å². The zero-order valence-corrected chi connectivity index (χ0v) is 13.5. The maximum Gasteiger partial charge on any atom is 0.287 e. The number of nitrogens with zero attached hydrogens (tertiary/aromatic N) is 5. The Morgan fingerprint density at radius 3 is 2.62 bits per heavy atom. The zero-order valence-electron chi connectivity index (χ0n) is 13.5. The average molecular weight is 326 g/mol. The highest BCUT2D eigenvalue weighted by Crippen LogP contribution is 2.16. The van der Waals surface area contributed by atoms with Crippen LogP contribution in [-0.4, -0.2) is 15.7 Å². The Kier molecular flexibility index (Phi) is 6.07. The summed E-state index contributed by atoms with van der Waals surface area (Å²) in [5, 5.41) is 23.0. The van der Waals surface area contributed by atoms with Gasteiger partial charge in [-0.2, -0.15) is 5.10 Å². The van der Waals surface area contributed by atoms with Gasteiger partial charge in [0.15, 0.2) is 11.7 Å².